The molecule has 8 aromatic carbocycles. The van der Waals surface area contributed by atoms with Crippen LogP contribution in [-0.4, -0.2) is 123 Å². The van der Waals surface area contributed by atoms with Crippen molar-refractivity contribution in [3.8, 4) is 0 Å². The van der Waals surface area contributed by atoms with Crippen LogP contribution in [0.25, 0.3) is 0 Å². The van der Waals surface area contributed by atoms with Crippen LogP contribution in [0.5, 0.6) is 0 Å². The average Bonchev–Trinajstić information content (AvgIpc) is 2.20. The number of ether oxygens (including phenoxy) is 9. The molecule has 0 saturated carbocycles. The van der Waals surface area contributed by atoms with Crippen molar-refractivity contribution >= 4 is 68.9 Å². The highest BCUT2D eigenvalue weighted by Crippen LogP contribution is 2.52. The zero-order valence-electron chi connectivity index (χ0n) is 47.0. The summed E-state index contributed by atoms with van der Waals surface area (Å²) in [7, 11) is 1.30. The fraction of sp³-hybridized carbons (Fsp3) is 0.179. The predicted molar refractivity (Wildman–Crippen MR) is 320 cm³/mol. The zero-order valence-corrected chi connectivity index (χ0v) is 48.7. The first-order valence-corrected chi connectivity index (χ1v) is 30.3. The minimum Gasteiger partial charge on any atom is -0.647 e. The third-order valence-corrected chi connectivity index (χ3v) is 15.9. The van der Waals surface area contributed by atoms with Crippen molar-refractivity contribution < 1.29 is 90.1 Å². The highest BCUT2D eigenvalue weighted by Gasteiger charge is 2.58. The molecule has 2 radical (unpaired) electrons. The van der Waals surface area contributed by atoms with E-state index in [4.69, 9.17) is 59.2 Å². The van der Waals surface area contributed by atoms with Gasteiger partial charge in [0, 0.05) is 4.90 Å². The second-order valence-electron chi connectivity index (χ2n) is 19.8. The Morgan fingerprint density at radius 2 is 0.640 bits per heavy atom. The summed E-state index contributed by atoms with van der Waals surface area (Å²) < 4.78 is 68.1. The van der Waals surface area contributed by atoms with E-state index in [1.54, 1.807) is 158 Å². The highest BCUT2D eigenvalue weighted by atomic mass is 32.2. The Balaban J connectivity index is 1.03. The fourth-order valence-electron chi connectivity index (χ4n) is 9.40. The van der Waals surface area contributed by atoms with Gasteiger partial charge in [0.2, 0.25) is 6.29 Å². The summed E-state index contributed by atoms with van der Waals surface area (Å²) in [4.78, 5) is 115. The van der Waals surface area contributed by atoms with Gasteiger partial charge in [-0.3, -0.25) is 0 Å². The molecule has 0 aliphatic carbocycles. The highest BCUT2D eigenvalue weighted by molar-refractivity contribution is 7.99. The van der Waals surface area contributed by atoms with Gasteiger partial charge < -0.3 is 47.5 Å². The summed E-state index contributed by atoms with van der Waals surface area (Å²) in [5.74, 6) is -6.71. The van der Waals surface area contributed by atoms with E-state index in [-0.39, 0.29) is 38.9 Å². The van der Waals surface area contributed by atoms with Crippen molar-refractivity contribution in [1.82, 2.24) is 0 Å². The van der Waals surface area contributed by atoms with Crippen molar-refractivity contribution in [3.63, 3.8) is 0 Å². The molecule has 1 unspecified atom stereocenters. The Labute approximate surface area is 517 Å². The zero-order chi connectivity index (χ0) is 62.1. The number of carbonyl (C=O) groups is 7. The molecule has 0 aromatic heterocycles. The first-order chi connectivity index (χ1) is 43.3. The lowest BCUT2D eigenvalue weighted by atomic mass is 9.97. The third-order valence-electron chi connectivity index (χ3n) is 13.8. The van der Waals surface area contributed by atoms with Crippen molar-refractivity contribution in [1.29, 1.82) is 0 Å². The van der Waals surface area contributed by atoms with Crippen LogP contribution in [-0.2, 0) is 51.7 Å². The van der Waals surface area contributed by atoms with Gasteiger partial charge in [0.15, 0.2) is 44.4 Å². The van der Waals surface area contributed by atoms with Gasteiger partial charge in [-0.05, 0) is 97.1 Å². The number of benzene rings is 8. The molecule has 8 aromatic rings. The van der Waals surface area contributed by atoms with Crippen LogP contribution in [0.1, 0.15) is 72.5 Å². The average molecular weight is 1240 g/mol. The normalized spacial score (nSPS) is 21.9. The third kappa shape index (κ3) is 16.7. The number of rotatable bonds is 22. The van der Waals surface area contributed by atoms with Crippen LogP contribution >= 0.6 is 19.6 Å². The molecule has 10 rings (SSSR count). The lowest BCUT2D eigenvalue weighted by molar-refractivity contribution is -0.298. The molecule has 19 nitrogen and oxygen atoms in total. The molecule has 2 aliphatic rings. The molecule has 0 N–H and O–H groups in total. The van der Waals surface area contributed by atoms with Gasteiger partial charge in [-0.1, -0.05) is 157 Å². The Bertz CT molecular complexity index is 3660. The Hall–Kier alpha value is -9.31. The maximum atomic E-state index is 15.2. The molecule has 0 spiro atoms. The summed E-state index contributed by atoms with van der Waals surface area (Å²) >= 11 is 1.04. The SMILES string of the molecule is [B][P+]([O-])(OC[C@H]1O[C@H](Sc2ccccc2)[C@H](OC(=O)c2ccccc2)[C@@H](OC(=O)c2ccccc2)[C@@H]1OC(=O)c1ccccc1)O[C@H]1O[C@H](COC(=O)c2ccccc2)[C@@H](OC(=O)c2ccccc2)[C@H](OC(=O)c2ccccc2)[C@H]1OC(=O)c1ccccc1. The smallest absolute Gasteiger partial charge is 0.437 e. The van der Waals surface area contributed by atoms with Gasteiger partial charge in [-0.15, -0.1) is 0 Å². The van der Waals surface area contributed by atoms with E-state index in [1.165, 1.54) is 84.9 Å². The standard InChI is InChI=1S/C67H54BO19PS/c68-88(76,78-42-52-54(82-61(71)45-29-13-3-14-30-45)56(84-63(73)47-33-17-5-18-34-47)58(86-65(75)49-37-21-7-22-38-49)67(80-52)89-50-39-23-8-24-40-50)87-66-57(85-64(74)48-35-19-6-20-36-48)55(83-62(72)46-31-15-4-16-32-46)53(81-60(70)44-27-11-2-12-28-44)51(79-66)41-77-59(69)43-25-9-1-10-26-43/h1-40,51-58,66-67H,41-42H2/t51-,52-,53-,54-,55+,56+,57-,58-,66-,67-,88?/m1/s1. The Kier molecular flexibility index (Phi) is 21.2. The molecular weight excluding hydrogens is 1180 g/mol. The Morgan fingerprint density at radius 3 is 1.00 bits per heavy atom. The number of hydrogen-bond donors (Lipinski definition) is 0. The molecule has 2 fully saturated rings. The number of hydrogen-bond acceptors (Lipinski definition) is 20. The number of carbonyl (C=O) groups excluding carboxylic acids is 7. The molecule has 0 bridgehead atoms. The van der Waals surface area contributed by atoms with Crippen LogP contribution in [0.3, 0.4) is 0 Å². The summed E-state index contributed by atoms with van der Waals surface area (Å²) in [5.41, 5.74) is -1.04. The van der Waals surface area contributed by atoms with Crippen LogP contribution in [0.15, 0.2) is 248 Å². The molecule has 0 amide bonds. The van der Waals surface area contributed by atoms with E-state index in [0.29, 0.717) is 4.90 Å². The largest absolute Gasteiger partial charge is 0.647 e. The van der Waals surface area contributed by atoms with Gasteiger partial charge in [0.1, 0.15) is 30.9 Å². The second kappa shape index (κ2) is 30.1. The summed E-state index contributed by atoms with van der Waals surface area (Å²) in [6.07, 6.45) is -16.5. The van der Waals surface area contributed by atoms with E-state index in [0.717, 1.165) is 11.8 Å². The van der Waals surface area contributed by atoms with Gasteiger partial charge in [0.25, 0.3) is 0 Å². The van der Waals surface area contributed by atoms with E-state index >= 15 is 4.89 Å². The molecule has 2 saturated heterocycles. The summed E-state index contributed by atoms with van der Waals surface area (Å²) in [5, 5.41) is 0. The van der Waals surface area contributed by atoms with Crippen molar-refractivity contribution in [2.75, 3.05) is 13.2 Å². The quantitative estimate of drug-likeness (QED) is 0.0265. The van der Waals surface area contributed by atoms with Crippen LogP contribution in [0.2, 0.25) is 0 Å². The van der Waals surface area contributed by atoms with Gasteiger partial charge in [0.05, 0.1) is 38.9 Å². The first-order valence-electron chi connectivity index (χ1n) is 27.8. The van der Waals surface area contributed by atoms with Crippen molar-refractivity contribution in [3.05, 3.63) is 282 Å². The van der Waals surface area contributed by atoms with Crippen LogP contribution in [0, 0.1) is 0 Å². The molecule has 2 heterocycles. The number of esters is 7. The molecule has 22 heteroatoms. The second-order valence-corrected chi connectivity index (χ2v) is 22.6. The minimum atomic E-state index is -5.28. The predicted octanol–water partition coefficient (Wildman–Crippen LogP) is 9.68. The van der Waals surface area contributed by atoms with E-state index in [2.05, 4.69) is 0 Å². The maximum Gasteiger partial charge on any atom is 0.437 e. The lowest BCUT2D eigenvalue weighted by Gasteiger charge is -2.46. The monoisotopic (exact) mass is 1240 g/mol. The topological polar surface area (TPSA) is 244 Å². The number of thioether (sulfide) groups is 1. The lowest BCUT2D eigenvalue weighted by Crippen LogP contribution is -2.63. The minimum absolute atomic E-state index is 0.0128. The van der Waals surface area contributed by atoms with Gasteiger partial charge >= 0.3 is 49.4 Å². The molecule has 450 valence electrons. The summed E-state index contributed by atoms with van der Waals surface area (Å²) in [6, 6.07) is 62.9. The fourth-order valence-corrected chi connectivity index (χ4v) is 11.4. The van der Waals surface area contributed by atoms with Gasteiger partial charge in [-0.2, -0.15) is 4.52 Å². The molecule has 89 heavy (non-hydrogen) atoms. The van der Waals surface area contributed by atoms with Crippen LogP contribution < -0.4 is 4.89 Å². The summed E-state index contributed by atoms with van der Waals surface area (Å²) in [6.45, 7) is -1.72. The van der Waals surface area contributed by atoms with Gasteiger partial charge in [-0.25, -0.2) is 38.1 Å². The Morgan fingerprint density at radius 1 is 0.360 bits per heavy atom. The molecular formula is C67H54BO19PS. The van der Waals surface area contributed by atoms with E-state index < -0.39 is 123 Å². The van der Waals surface area contributed by atoms with Crippen LogP contribution in [0.4, 0.5) is 0 Å². The van der Waals surface area contributed by atoms with Crippen molar-refractivity contribution in [2.24, 2.45) is 0 Å². The molecule has 2 aliphatic heterocycles. The maximum absolute atomic E-state index is 15.2. The molecule has 11 atom stereocenters. The van der Waals surface area contributed by atoms with Crippen molar-refractivity contribution in [2.45, 2.75) is 65.5 Å². The van der Waals surface area contributed by atoms with E-state index in [1.807, 2.05) is 0 Å². The first kappa shape index (κ1) is 62.7. The van der Waals surface area contributed by atoms with E-state index in [9.17, 15) is 33.6 Å².